The second-order valence-corrected chi connectivity index (χ2v) is 4.52. The van der Waals surface area contributed by atoms with E-state index in [-0.39, 0.29) is 11.5 Å². The van der Waals surface area contributed by atoms with E-state index >= 15 is 0 Å². The molecule has 1 atom stereocenters. The summed E-state index contributed by atoms with van der Waals surface area (Å²) in [6, 6.07) is 2.23. The average molecular weight is 242 g/mol. The summed E-state index contributed by atoms with van der Waals surface area (Å²) in [6.45, 7) is 2.74. The largest absolute Gasteiger partial charge is 0.388 e. The van der Waals surface area contributed by atoms with Crippen LogP contribution in [-0.4, -0.2) is 18.3 Å². The van der Waals surface area contributed by atoms with Crippen molar-refractivity contribution >= 4 is 0 Å². The van der Waals surface area contributed by atoms with Gasteiger partial charge in [0.1, 0.15) is 11.6 Å². The van der Waals surface area contributed by atoms with E-state index in [1.165, 1.54) is 6.07 Å². The second kappa shape index (κ2) is 5.10. The van der Waals surface area contributed by atoms with Crippen LogP contribution in [0.1, 0.15) is 30.1 Å². The zero-order chi connectivity index (χ0) is 12.4. The lowest BCUT2D eigenvalue weighted by atomic mass is 9.88. The van der Waals surface area contributed by atoms with Crippen molar-refractivity contribution in [3.63, 3.8) is 0 Å². The Morgan fingerprint density at radius 3 is 2.53 bits per heavy atom. The summed E-state index contributed by atoms with van der Waals surface area (Å²) in [5.74, 6) is -1.26. The Kier molecular flexibility index (Phi) is 3.74. The summed E-state index contributed by atoms with van der Waals surface area (Å²) >= 11 is 0. The molecule has 4 heteroatoms. The molecular formula is C13H16F2O2. The Morgan fingerprint density at radius 2 is 1.88 bits per heavy atom. The quantitative estimate of drug-likeness (QED) is 0.864. The van der Waals surface area contributed by atoms with E-state index in [2.05, 4.69) is 0 Å². The molecular weight excluding hydrogens is 226 g/mol. The summed E-state index contributed by atoms with van der Waals surface area (Å²) in [4.78, 5) is 0. The molecule has 0 amide bonds. The van der Waals surface area contributed by atoms with Gasteiger partial charge in [0.25, 0.3) is 0 Å². The molecule has 94 valence electrons. The van der Waals surface area contributed by atoms with E-state index in [1.54, 1.807) is 6.92 Å². The number of halogens is 2. The van der Waals surface area contributed by atoms with Crippen LogP contribution in [-0.2, 0) is 4.74 Å². The van der Waals surface area contributed by atoms with Crippen molar-refractivity contribution in [2.45, 2.75) is 25.9 Å². The predicted octanol–water partition coefficient (Wildman–Crippen LogP) is 2.73. The predicted molar refractivity (Wildman–Crippen MR) is 59.6 cm³/mol. The smallest absolute Gasteiger partial charge is 0.131 e. The van der Waals surface area contributed by atoms with Crippen LogP contribution >= 0.6 is 0 Å². The van der Waals surface area contributed by atoms with Crippen molar-refractivity contribution in [3.05, 3.63) is 34.9 Å². The number of hydrogen-bond acceptors (Lipinski definition) is 2. The Labute approximate surface area is 99.2 Å². The lowest BCUT2D eigenvalue weighted by molar-refractivity contribution is 0.00584. The van der Waals surface area contributed by atoms with Crippen LogP contribution in [0.5, 0.6) is 0 Å². The Balaban J connectivity index is 2.23. The van der Waals surface area contributed by atoms with E-state index in [9.17, 15) is 13.9 Å². The standard InChI is InChI=1S/C13H16F2O2/c1-8-6-10(12(15)7-11(8)14)13(16)9-2-4-17-5-3-9/h6-7,9,13,16H,2-5H2,1H3. The minimum Gasteiger partial charge on any atom is -0.388 e. The fraction of sp³-hybridized carbons (Fsp3) is 0.538. The molecule has 1 saturated heterocycles. The van der Waals surface area contributed by atoms with Gasteiger partial charge in [-0.05, 0) is 37.3 Å². The van der Waals surface area contributed by atoms with Crippen LogP contribution in [0.25, 0.3) is 0 Å². The maximum Gasteiger partial charge on any atom is 0.131 e. The number of aryl methyl sites for hydroxylation is 1. The van der Waals surface area contributed by atoms with Crippen LogP contribution in [0.4, 0.5) is 8.78 Å². The fourth-order valence-electron chi connectivity index (χ4n) is 2.19. The number of hydrogen-bond donors (Lipinski definition) is 1. The highest BCUT2D eigenvalue weighted by molar-refractivity contribution is 5.27. The van der Waals surface area contributed by atoms with Gasteiger partial charge in [-0.15, -0.1) is 0 Å². The molecule has 2 nitrogen and oxygen atoms in total. The SMILES string of the molecule is Cc1cc(C(O)C2CCOCC2)c(F)cc1F. The first kappa shape index (κ1) is 12.5. The van der Waals surface area contributed by atoms with Gasteiger partial charge in [0, 0.05) is 24.8 Å². The van der Waals surface area contributed by atoms with Gasteiger partial charge in [0.15, 0.2) is 0 Å². The Hall–Kier alpha value is -1.00. The van der Waals surface area contributed by atoms with Gasteiger partial charge in [-0.1, -0.05) is 0 Å². The highest BCUT2D eigenvalue weighted by Crippen LogP contribution is 2.32. The average Bonchev–Trinajstić information content (AvgIpc) is 2.34. The van der Waals surface area contributed by atoms with Gasteiger partial charge in [-0.3, -0.25) is 0 Å². The molecule has 2 rings (SSSR count). The molecule has 1 fully saturated rings. The minimum atomic E-state index is -0.877. The molecule has 0 radical (unpaired) electrons. The molecule has 0 aromatic heterocycles. The first-order valence-electron chi connectivity index (χ1n) is 5.81. The molecule has 0 saturated carbocycles. The summed E-state index contributed by atoms with van der Waals surface area (Å²) in [5.41, 5.74) is 0.545. The van der Waals surface area contributed by atoms with Crippen LogP contribution in [0.3, 0.4) is 0 Å². The number of rotatable bonds is 2. The minimum absolute atomic E-state index is 0.0110. The van der Waals surface area contributed by atoms with Crippen molar-refractivity contribution in [3.8, 4) is 0 Å². The van der Waals surface area contributed by atoms with E-state index in [0.29, 0.717) is 31.6 Å². The highest BCUT2D eigenvalue weighted by Gasteiger charge is 2.26. The summed E-state index contributed by atoms with van der Waals surface area (Å²) in [6.07, 6.45) is 0.534. The van der Waals surface area contributed by atoms with E-state index in [0.717, 1.165) is 6.07 Å². The Bertz CT molecular complexity index is 401. The first-order chi connectivity index (χ1) is 8.09. The third kappa shape index (κ3) is 2.64. The summed E-state index contributed by atoms with van der Waals surface area (Å²) in [5, 5.41) is 10.1. The van der Waals surface area contributed by atoms with Crippen LogP contribution < -0.4 is 0 Å². The third-order valence-corrected chi connectivity index (χ3v) is 3.31. The van der Waals surface area contributed by atoms with E-state index in [4.69, 9.17) is 4.74 Å². The van der Waals surface area contributed by atoms with Crippen LogP contribution in [0, 0.1) is 24.5 Å². The highest BCUT2D eigenvalue weighted by atomic mass is 19.1. The third-order valence-electron chi connectivity index (χ3n) is 3.31. The zero-order valence-corrected chi connectivity index (χ0v) is 9.75. The number of benzene rings is 1. The van der Waals surface area contributed by atoms with Crippen molar-refractivity contribution in [1.82, 2.24) is 0 Å². The molecule has 0 aliphatic carbocycles. The zero-order valence-electron chi connectivity index (χ0n) is 9.75. The van der Waals surface area contributed by atoms with Crippen molar-refractivity contribution in [1.29, 1.82) is 0 Å². The lowest BCUT2D eigenvalue weighted by Gasteiger charge is -2.27. The molecule has 1 aromatic rings. The second-order valence-electron chi connectivity index (χ2n) is 4.52. The number of aliphatic hydroxyl groups is 1. The van der Waals surface area contributed by atoms with Crippen LogP contribution in [0.15, 0.2) is 12.1 Å². The molecule has 1 aromatic carbocycles. The van der Waals surface area contributed by atoms with E-state index in [1.807, 2.05) is 0 Å². The van der Waals surface area contributed by atoms with Crippen molar-refractivity contribution in [2.75, 3.05) is 13.2 Å². The monoisotopic (exact) mass is 242 g/mol. The molecule has 1 heterocycles. The topological polar surface area (TPSA) is 29.5 Å². The molecule has 1 N–H and O–H groups in total. The molecule has 0 bridgehead atoms. The van der Waals surface area contributed by atoms with E-state index < -0.39 is 17.7 Å². The van der Waals surface area contributed by atoms with Crippen molar-refractivity contribution < 1.29 is 18.6 Å². The molecule has 0 spiro atoms. The summed E-state index contributed by atoms with van der Waals surface area (Å²) < 4.78 is 31.9. The maximum absolute atomic E-state index is 13.6. The first-order valence-corrected chi connectivity index (χ1v) is 5.81. The molecule has 1 aliphatic rings. The molecule has 1 aliphatic heterocycles. The molecule has 1 unspecified atom stereocenters. The number of ether oxygens (including phenoxy) is 1. The molecule has 17 heavy (non-hydrogen) atoms. The fourth-order valence-corrected chi connectivity index (χ4v) is 2.19. The Morgan fingerprint density at radius 1 is 1.24 bits per heavy atom. The van der Waals surface area contributed by atoms with Gasteiger partial charge < -0.3 is 9.84 Å². The maximum atomic E-state index is 13.6. The van der Waals surface area contributed by atoms with Gasteiger partial charge >= 0.3 is 0 Å². The normalized spacial score (nSPS) is 19.3. The van der Waals surface area contributed by atoms with Gasteiger partial charge in [-0.2, -0.15) is 0 Å². The lowest BCUT2D eigenvalue weighted by Crippen LogP contribution is -2.22. The summed E-state index contributed by atoms with van der Waals surface area (Å²) in [7, 11) is 0. The van der Waals surface area contributed by atoms with Crippen LogP contribution in [0.2, 0.25) is 0 Å². The van der Waals surface area contributed by atoms with Gasteiger partial charge in [0.2, 0.25) is 0 Å². The van der Waals surface area contributed by atoms with Gasteiger partial charge in [0.05, 0.1) is 6.10 Å². The van der Waals surface area contributed by atoms with Gasteiger partial charge in [-0.25, -0.2) is 8.78 Å². The number of aliphatic hydroxyl groups excluding tert-OH is 1. The van der Waals surface area contributed by atoms with Crippen molar-refractivity contribution in [2.24, 2.45) is 5.92 Å².